The number of ether oxygens (including phenoxy) is 1. The summed E-state index contributed by atoms with van der Waals surface area (Å²) in [5.41, 5.74) is 3.52. The van der Waals surface area contributed by atoms with Gasteiger partial charge in [0, 0.05) is 43.6 Å². The Labute approximate surface area is 115 Å². The molecule has 0 aromatic carbocycles. The number of hydrogen-bond donors (Lipinski definition) is 0. The van der Waals surface area contributed by atoms with Gasteiger partial charge in [-0.2, -0.15) is 0 Å². The third-order valence-corrected chi connectivity index (χ3v) is 3.98. The molecule has 1 aromatic heterocycles. The molecule has 1 heterocycles. The van der Waals surface area contributed by atoms with E-state index in [1.165, 1.54) is 11.4 Å². The van der Waals surface area contributed by atoms with E-state index < -0.39 is 0 Å². The Morgan fingerprint density at radius 3 is 2.74 bits per heavy atom. The van der Waals surface area contributed by atoms with Crippen LogP contribution in [-0.4, -0.2) is 24.1 Å². The van der Waals surface area contributed by atoms with Crippen molar-refractivity contribution in [3.63, 3.8) is 0 Å². The maximum atomic E-state index is 12.2. The average Bonchev–Trinajstić information content (AvgIpc) is 2.61. The van der Waals surface area contributed by atoms with Gasteiger partial charge in [0.15, 0.2) is 5.78 Å². The topological polar surface area (TPSA) is 31.2 Å². The first-order chi connectivity index (χ1) is 8.94. The largest absolute Gasteiger partial charge is 0.385 e. The highest BCUT2D eigenvalue weighted by Gasteiger charge is 2.33. The number of carbonyl (C=O) groups excluding carboxylic acids is 1. The van der Waals surface area contributed by atoms with Crippen molar-refractivity contribution in [2.45, 2.75) is 53.0 Å². The molecule has 0 fully saturated rings. The summed E-state index contributed by atoms with van der Waals surface area (Å²) in [6, 6.07) is 2.07. The third kappa shape index (κ3) is 3.08. The summed E-state index contributed by atoms with van der Waals surface area (Å²) >= 11 is 0. The van der Waals surface area contributed by atoms with Crippen molar-refractivity contribution < 1.29 is 9.53 Å². The first-order valence-corrected chi connectivity index (χ1v) is 7.16. The Morgan fingerprint density at radius 1 is 1.32 bits per heavy atom. The average molecular weight is 263 g/mol. The molecule has 2 rings (SSSR count). The fraction of sp³-hybridized carbons (Fsp3) is 0.688. The number of fused-ring (bicyclic) bond motifs is 1. The molecule has 0 spiro atoms. The molecule has 0 radical (unpaired) electrons. The van der Waals surface area contributed by atoms with Gasteiger partial charge >= 0.3 is 0 Å². The van der Waals surface area contributed by atoms with Gasteiger partial charge in [-0.05, 0) is 37.7 Å². The van der Waals surface area contributed by atoms with Crippen molar-refractivity contribution in [1.29, 1.82) is 0 Å². The number of Topliss-reactive ketones (excluding diaryl/α,β-unsaturated/α-hetero) is 1. The van der Waals surface area contributed by atoms with Gasteiger partial charge in [0.25, 0.3) is 0 Å². The summed E-state index contributed by atoms with van der Waals surface area (Å²) in [5.74, 6) is 0.310. The molecule has 3 heteroatoms. The number of ketones is 1. The molecule has 106 valence electrons. The minimum Gasteiger partial charge on any atom is -0.385 e. The lowest BCUT2D eigenvalue weighted by Crippen LogP contribution is -2.28. The van der Waals surface area contributed by atoms with E-state index in [4.69, 9.17) is 4.74 Å². The SMILES string of the molecule is COCCCCn1c(C)cc2c1CC(C)(C)CC2=O. The second-order valence-electron chi connectivity index (χ2n) is 6.44. The number of nitrogens with zero attached hydrogens (tertiary/aromatic N) is 1. The van der Waals surface area contributed by atoms with Crippen molar-refractivity contribution in [2.24, 2.45) is 5.41 Å². The van der Waals surface area contributed by atoms with Crippen LogP contribution in [0.2, 0.25) is 0 Å². The van der Waals surface area contributed by atoms with Crippen molar-refractivity contribution in [3.05, 3.63) is 23.0 Å². The van der Waals surface area contributed by atoms with Crippen LogP contribution >= 0.6 is 0 Å². The van der Waals surface area contributed by atoms with Gasteiger partial charge in [-0.3, -0.25) is 4.79 Å². The van der Waals surface area contributed by atoms with Gasteiger partial charge in [-0.1, -0.05) is 13.8 Å². The molecule has 1 aliphatic carbocycles. The van der Waals surface area contributed by atoms with Crippen LogP contribution in [0.3, 0.4) is 0 Å². The fourth-order valence-corrected chi connectivity index (χ4v) is 3.03. The highest BCUT2D eigenvalue weighted by atomic mass is 16.5. The number of rotatable bonds is 5. The van der Waals surface area contributed by atoms with E-state index in [9.17, 15) is 4.79 Å². The van der Waals surface area contributed by atoms with Crippen LogP contribution < -0.4 is 0 Å². The van der Waals surface area contributed by atoms with Gasteiger partial charge < -0.3 is 9.30 Å². The molecule has 0 saturated heterocycles. The normalized spacial score (nSPS) is 17.6. The van der Waals surface area contributed by atoms with Gasteiger partial charge in [0.2, 0.25) is 0 Å². The molecule has 0 saturated carbocycles. The molecule has 0 N–H and O–H groups in total. The van der Waals surface area contributed by atoms with Gasteiger partial charge in [0.05, 0.1) is 0 Å². The number of hydrogen-bond acceptors (Lipinski definition) is 2. The van der Waals surface area contributed by atoms with Crippen LogP contribution in [0.25, 0.3) is 0 Å². The molecule has 0 aliphatic heterocycles. The fourth-order valence-electron chi connectivity index (χ4n) is 3.03. The number of aromatic nitrogens is 1. The molecular formula is C16H25NO2. The van der Waals surface area contributed by atoms with Crippen LogP contribution in [-0.2, 0) is 17.7 Å². The highest BCUT2D eigenvalue weighted by Crippen LogP contribution is 2.36. The maximum absolute atomic E-state index is 12.2. The second-order valence-corrected chi connectivity index (χ2v) is 6.44. The zero-order valence-corrected chi connectivity index (χ0v) is 12.6. The number of methoxy groups -OCH3 is 1. The molecule has 19 heavy (non-hydrogen) atoms. The summed E-state index contributed by atoms with van der Waals surface area (Å²) in [4.78, 5) is 12.2. The first kappa shape index (κ1) is 14.3. The lowest BCUT2D eigenvalue weighted by atomic mass is 9.76. The van der Waals surface area contributed by atoms with E-state index in [1.807, 2.05) is 0 Å². The van der Waals surface area contributed by atoms with Crippen LogP contribution in [0.4, 0.5) is 0 Å². The molecule has 0 atom stereocenters. The van der Waals surface area contributed by atoms with Crippen LogP contribution in [0.5, 0.6) is 0 Å². The highest BCUT2D eigenvalue weighted by molar-refractivity contribution is 5.99. The monoisotopic (exact) mass is 263 g/mol. The number of carbonyl (C=O) groups is 1. The molecule has 3 nitrogen and oxygen atoms in total. The Bertz CT molecular complexity index is 471. The zero-order valence-electron chi connectivity index (χ0n) is 12.6. The van der Waals surface area contributed by atoms with Crippen molar-refractivity contribution in [1.82, 2.24) is 4.57 Å². The number of aryl methyl sites for hydroxylation is 1. The second kappa shape index (κ2) is 5.49. The van der Waals surface area contributed by atoms with Gasteiger partial charge in [-0.25, -0.2) is 0 Å². The minimum atomic E-state index is 0.0964. The smallest absolute Gasteiger partial charge is 0.165 e. The first-order valence-electron chi connectivity index (χ1n) is 7.16. The Balaban J connectivity index is 2.19. The summed E-state index contributed by atoms with van der Waals surface area (Å²) < 4.78 is 7.43. The summed E-state index contributed by atoms with van der Waals surface area (Å²) in [7, 11) is 1.74. The zero-order chi connectivity index (χ0) is 14.0. The van der Waals surface area contributed by atoms with E-state index in [0.717, 1.165) is 38.0 Å². The number of unbranched alkanes of at least 4 members (excludes halogenated alkanes) is 1. The van der Waals surface area contributed by atoms with Crippen LogP contribution in [0, 0.1) is 12.3 Å². The molecule has 1 aromatic rings. The molecule has 1 aliphatic rings. The summed E-state index contributed by atoms with van der Waals surface area (Å²) in [6.07, 6.45) is 3.85. The van der Waals surface area contributed by atoms with E-state index in [2.05, 4.69) is 31.4 Å². The lowest BCUT2D eigenvalue weighted by molar-refractivity contribution is 0.0910. The Hall–Kier alpha value is -1.09. The molecule has 0 amide bonds. The van der Waals surface area contributed by atoms with E-state index >= 15 is 0 Å². The van der Waals surface area contributed by atoms with Gasteiger partial charge in [0.1, 0.15) is 0 Å². The molecule has 0 bridgehead atoms. The Morgan fingerprint density at radius 2 is 2.05 bits per heavy atom. The van der Waals surface area contributed by atoms with Gasteiger partial charge in [-0.15, -0.1) is 0 Å². The van der Waals surface area contributed by atoms with E-state index in [-0.39, 0.29) is 5.41 Å². The van der Waals surface area contributed by atoms with Crippen molar-refractivity contribution in [3.8, 4) is 0 Å². The van der Waals surface area contributed by atoms with Crippen molar-refractivity contribution in [2.75, 3.05) is 13.7 Å². The lowest BCUT2D eigenvalue weighted by Gasteiger charge is -2.30. The summed E-state index contributed by atoms with van der Waals surface area (Å²) in [6.45, 7) is 8.28. The Kier molecular flexibility index (Phi) is 4.14. The maximum Gasteiger partial charge on any atom is 0.165 e. The van der Waals surface area contributed by atoms with Crippen LogP contribution in [0.1, 0.15) is 54.9 Å². The molecular weight excluding hydrogens is 238 g/mol. The predicted octanol–water partition coefficient (Wildman–Crippen LogP) is 3.38. The predicted molar refractivity (Wildman–Crippen MR) is 76.7 cm³/mol. The quantitative estimate of drug-likeness (QED) is 0.763. The summed E-state index contributed by atoms with van der Waals surface area (Å²) in [5, 5.41) is 0. The minimum absolute atomic E-state index is 0.0964. The van der Waals surface area contributed by atoms with Crippen LogP contribution in [0.15, 0.2) is 6.07 Å². The van der Waals surface area contributed by atoms with Crippen molar-refractivity contribution >= 4 is 5.78 Å². The molecule has 0 unspecified atom stereocenters. The van der Waals surface area contributed by atoms with E-state index in [1.54, 1.807) is 7.11 Å². The standard InChI is InChI=1S/C16H25NO2/c1-12-9-13-14(10-16(2,3)11-15(13)18)17(12)7-5-6-8-19-4/h9H,5-8,10-11H2,1-4H3. The third-order valence-electron chi connectivity index (χ3n) is 3.98. The van der Waals surface area contributed by atoms with E-state index in [0.29, 0.717) is 12.2 Å².